The van der Waals surface area contributed by atoms with E-state index in [1.807, 2.05) is 5.51 Å². The maximum absolute atomic E-state index is 4.67. The molecule has 0 aliphatic heterocycles. The molecule has 1 N–H and O–H groups in total. The van der Waals surface area contributed by atoms with Crippen molar-refractivity contribution in [3.8, 4) is 0 Å². The monoisotopic (exact) mass is 310 g/mol. The van der Waals surface area contributed by atoms with Gasteiger partial charge in [0.25, 0.3) is 0 Å². The fourth-order valence-electron chi connectivity index (χ4n) is 1.84. The summed E-state index contributed by atoms with van der Waals surface area (Å²) in [6, 6.07) is 0. The van der Waals surface area contributed by atoms with Crippen molar-refractivity contribution >= 4 is 27.8 Å². The molecule has 0 unspecified atom stereocenters. The van der Waals surface area contributed by atoms with Gasteiger partial charge in [0.05, 0.1) is 23.4 Å². The van der Waals surface area contributed by atoms with E-state index in [1.54, 1.807) is 22.7 Å². The van der Waals surface area contributed by atoms with Crippen LogP contribution < -0.4 is 10.2 Å². The van der Waals surface area contributed by atoms with Gasteiger partial charge in [-0.3, -0.25) is 0 Å². The Morgan fingerprint density at radius 2 is 2.20 bits per heavy atom. The van der Waals surface area contributed by atoms with Crippen LogP contribution in [0.3, 0.4) is 0 Å². The zero-order chi connectivity index (χ0) is 14.5. The zero-order valence-corrected chi connectivity index (χ0v) is 14.1. The van der Waals surface area contributed by atoms with Crippen LogP contribution in [0.25, 0.3) is 0 Å². The fraction of sp³-hybridized carbons (Fsp3) is 0.571. The Morgan fingerprint density at radius 3 is 2.85 bits per heavy atom. The summed E-state index contributed by atoms with van der Waals surface area (Å²) in [6.45, 7) is 9.30. The summed E-state index contributed by atoms with van der Waals surface area (Å²) >= 11 is 3.40. The van der Waals surface area contributed by atoms with Gasteiger partial charge < -0.3 is 10.2 Å². The second kappa shape index (κ2) is 7.15. The lowest BCUT2D eigenvalue weighted by molar-refractivity contribution is 0.554. The predicted octanol–water partition coefficient (Wildman–Crippen LogP) is 3.29. The molecular formula is C14H22N4S2. The van der Waals surface area contributed by atoms with Gasteiger partial charge in [-0.2, -0.15) is 0 Å². The molecule has 0 fully saturated rings. The molecule has 0 saturated carbocycles. The number of thiazole rings is 2. The third kappa shape index (κ3) is 4.26. The van der Waals surface area contributed by atoms with Crippen LogP contribution in [0.15, 0.2) is 10.9 Å². The highest BCUT2D eigenvalue weighted by atomic mass is 32.1. The molecule has 0 aromatic carbocycles. The van der Waals surface area contributed by atoms with Crippen LogP contribution >= 0.6 is 22.7 Å². The predicted molar refractivity (Wildman–Crippen MR) is 87.6 cm³/mol. The van der Waals surface area contributed by atoms with Gasteiger partial charge in [-0.15, -0.1) is 22.7 Å². The zero-order valence-electron chi connectivity index (χ0n) is 12.5. The number of anilines is 1. The number of nitrogens with one attached hydrogen (secondary N) is 1. The van der Waals surface area contributed by atoms with E-state index in [4.69, 9.17) is 0 Å². The van der Waals surface area contributed by atoms with E-state index in [1.165, 1.54) is 4.88 Å². The second-order valence-electron chi connectivity index (χ2n) is 5.37. The molecule has 2 aromatic rings. The van der Waals surface area contributed by atoms with Gasteiger partial charge in [-0.1, -0.05) is 13.8 Å². The molecule has 0 bridgehead atoms. The highest BCUT2D eigenvalue weighted by Crippen LogP contribution is 2.26. The molecule has 4 nitrogen and oxygen atoms in total. The van der Waals surface area contributed by atoms with Gasteiger partial charge in [0.1, 0.15) is 0 Å². The third-order valence-corrected chi connectivity index (χ3v) is 4.84. The summed E-state index contributed by atoms with van der Waals surface area (Å²) in [7, 11) is 2.07. The number of aromatic nitrogens is 2. The Bertz CT molecular complexity index is 519. The van der Waals surface area contributed by atoms with Gasteiger partial charge in [-0.05, 0) is 19.4 Å². The summed E-state index contributed by atoms with van der Waals surface area (Å²) in [5, 5.41) is 6.63. The standard InChI is InChI=1S/C14H22N4S2/c1-10(2)5-15-6-13-11(3)17-14(20-13)18(4)7-12-8-19-9-16-12/h8-10,15H,5-7H2,1-4H3. The summed E-state index contributed by atoms with van der Waals surface area (Å²) in [5.41, 5.74) is 4.11. The quantitative estimate of drug-likeness (QED) is 0.852. The van der Waals surface area contributed by atoms with Gasteiger partial charge in [-0.25, -0.2) is 9.97 Å². The molecule has 110 valence electrons. The number of aryl methyl sites for hydroxylation is 1. The molecule has 2 heterocycles. The van der Waals surface area contributed by atoms with Gasteiger partial charge in [0.15, 0.2) is 5.13 Å². The summed E-state index contributed by atoms with van der Waals surface area (Å²) in [6.07, 6.45) is 0. The van der Waals surface area contributed by atoms with Crippen molar-refractivity contribution in [2.75, 3.05) is 18.5 Å². The normalized spacial score (nSPS) is 11.2. The highest BCUT2D eigenvalue weighted by Gasteiger charge is 2.12. The molecular weight excluding hydrogens is 288 g/mol. The second-order valence-corrected chi connectivity index (χ2v) is 7.15. The molecule has 20 heavy (non-hydrogen) atoms. The average molecular weight is 310 g/mol. The van der Waals surface area contributed by atoms with Crippen LogP contribution in [-0.4, -0.2) is 23.6 Å². The molecule has 0 aliphatic carbocycles. The van der Waals surface area contributed by atoms with Crippen molar-refractivity contribution in [2.45, 2.75) is 33.9 Å². The molecule has 6 heteroatoms. The summed E-state index contributed by atoms with van der Waals surface area (Å²) in [4.78, 5) is 12.5. The number of hydrogen-bond donors (Lipinski definition) is 1. The van der Waals surface area contributed by atoms with Crippen molar-refractivity contribution in [2.24, 2.45) is 5.92 Å². The first kappa shape index (κ1) is 15.4. The van der Waals surface area contributed by atoms with Crippen LogP contribution in [0, 0.1) is 12.8 Å². The van der Waals surface area contributed by atoms with Crippen molar-refractivity contribution in [1.29, 1.82) is 0 Å². The Hall–Kier alpha value is -0.980. The van der Waals surface area contributed by atoms with Crippen molar-refractivity contribution in [3.63, 3.8) is 0 Å². The van der Waals surface area contributed by atoms with Gasteiger partial charge in [0, 0.05) is 23.8 Å². The van der Waals surface area contributed by atoms with Gasteiger partial charge in [0.2, 0.25) is 0 Å². The molecule has 0 aliphatic rings. The van der Waals surface area contributed by atoms with Crippen LogP contribution in [0.1, 0.15) is 30.1 Å². The Balaban J connectivity index is 1.95. The molecule has 2 rings (SSSR count). The molecule has 0 amide bonds. The molecule has 0 spiro atoms. The lowest BCUT2D eigenvalue weighted by atomic mass is 10.2. The lowest BCUT2D eigenvalue weighted by Gasteiger charge is -2.13. The van der Waals surface area contributed by atoms with Crippen molar-refractivity contribution < 1.29 is 0 Å². The molecule has 0 saturated heterocycles. The summed E-state index contributed by atoms with van der Waals surface area (Å²) in [5.74, 6) is 0.676. The van der Waals surface area contributed by atoms with E-state index < -0.39 is 0 Å². The lowest BCUT2D eigenvalue weighted by Crippen LogP contribution is -2.18. The summed E-state index contributed by atoms with van der Waals surface area (Å²) < 4.78 is 0. The first-order valence-electron chi connectivity index (χ1n) is 6.81. The Kier molecular flexibility index (Phi) is 5.51. The SMILES string of the molecule is Cc1nc(N(C)Cc2cscn2)sc1CNCC(C)C. The first-order valence-corrected chi connectivity index (χ1v) is 8.57. The Morgan fingerprint density at radius 1 is 1.40 bits per heavy atom. The van der Waals surface area contributed by atoms with E-state index in [9.17, 15) is 0 Å². The maximum Gasteiger partial charge on any atom is 0.185 e. The molecule has 0 radical (unpaired) electrons. The molecule has 2 aromatic heterocycles. The maximum atomic E-state index is 4.67. The highest BCUT2D eigenvalue weighted by molar-refractivity contribution is 7.15. The van der Waals surface area contributed by atoms with E-state index in [0.29, 0.717) is 5.92 Å². The van der Waals surface area contributed by atoms with Crippen molar-refractivity contribution in [1.82, 2.24) is 15.3 Å². The smallest absolute Gasteiger partial charge is 0.185 e. The van der Waals surface area contributed by atoms with Crippen LogP contribution in [0.5, 0.6) is 0 Å². The molecule has 0 atom stereocenters. The average Bonchev–Trinajstić information content (AvgIpc) is 2.99. The van der Waals surface area contributed by atoms with E-state index >= 15 is 0 Å². The van der Waals surface area contributed by atoms with Crippen LogP contribution in [-0.2, 0) is 13.1 Å². The first-order chi connectivity index (χ1) is 9.56. The van der Waals surface area contributed by atoms with E-state index in [-0.39, 0.29) is 0 Å². The van der Waals surface area contributed by atoms with E-state index in [0.717, 1.165) is 36.2 Å². The largest absolute Gasteiger partial charge is 0.345 e. The van der Waals surface area contributed by atoms with Gasteiger partial charge >= 0.3 is 0 Å². The van der Waals surface area contributed by atoms with E-state index in [2.05, 4.69) is 53.4 Å². The topological polar surface area (TPSA) is 41.1 Å². The number of rotatable bonds is 7. The minimum Gasteiger partial charge on any atom is -0.345 e. The Labute approximate surface area is 128 Å². The number of nitrogens with zero attached hydrogens (tertiary/aromatic N) is 3. The van der Waals surface area contributed by atoms with Crippen molar-refractivity contribution in [3.05, 3.63) is 27.2 Å². The number of hydrogen-bond acceptors (Lipinski definition) is 6. The minimum atomic E-state index is 0.676. The van der Waals surface area contributed by atoms with Crippen LogP contribution in [0.4, 0.5) is 5.13 Å². The third-order valence-electron chi connectivity index (χ3n) is 2.93. The minimum absolute atomic E-state index is 0.676. The van der Waals surface area contributed by atoms with Crippen LogP contribution in [0.2, 0.25) is 0 Å². The fourth-order valence-corrected chi connectivity index (χ4v) is 3.38.